The molecule has 0 spiro atoms. The highest BCUT2D eigenvalue weighted by molar-refractivity contribution is 6.05. The van der Waals surface area contributed by atoms with Gasteiger partial charge in [-0.1, -0.05) is 18.2 Å². The Bertz CT molecular complexity index is 977. The van der Waals surface area contributed by atoms with Crippen LogP contribution in [-0.4, -0.2) is 33.5 Å². The fourth-order valence-electron chi connectivity index (χ4n) is 2.95. The molecule has 1 aromatic carbocycles. The molecule has 1 saturated carbocycles. The maximum atomic E-state index is 12.7. The Labute approximate surface area is 150 Å². The molecule has 0 atom stereocenters. The molecule has 1 N–H and O–H groups in total. The number of rotatable bonds is 5. The Hall–Kier alpha value is -3.22. The number of fused-ring (bicyclic) bond motifs is 1. The van der Waals surface area contributed by atoms with Gasteiger partial charge in [-0.2, -0.15) is 0 Å². The number of para-hydroxylation sites is 1. The first-order valence-electron chi connectivity index (χ1n) is 8.58. The molecular formula is C19H19N5O2. The van der Waals surface area contributed by atoms with Gasteiger partial charge in [0.15, 0.2) is 11.5 Å². The topological polar surface area (TPSA) is 79.6 Å². The molecule has 7 nitrogen and oxygen atoms in total. The van der Waals surface area contributed by atoms with Gasteiger partial charge in [-0.25, -0.2) is 0 Å². The van der Waals surface area contributed by atoms with Crippen molar-refractivity contribution >= 4 is 23.1 Å². The van der Waals surface area contributed by atoms with Crippen molar-refractivity contribution in [2.45, 2.75) is 19.4 Å². The number of pyridine rings is 1. The zero-order chi connectivity index (χ0) is 18.1. The molecule has 0 bridgehead atoms. The highest BCUT2D eigenvalue weighted by Gasteiger charge is 2.33. The SMILES string of the molecule is CN(C(=O)C1CC1)c1ccccc1C(=O)NCc1nnc2ccccn12. The lowest BCUT2D eigenvalue weighted by atomic mass is 10.1. The fraction of sp³-hybridized carbons (Fsp3) is 0.263. The van der Waals surface area contributed by atoms with Crippen LogP contribution in [0.15, 0.2) is 48.7 Å². The zero-order valence-electron chi connectivity index (χ0n) is 14.4. The van der Waals surface area contributed by atoms with E-state index in [-0.39, 0.29) is 24.3 Å². The van der Waals surface area contributed by atoms with Gasteiger partial charge in [0, 0.05) is 19.2 Å². The van der Waals surface area contributed by atoms with E-state index in [9.17, 15) is 9.59 Å². The Kier molecular flexibility index (Phi) is 4.12. The van der Waals surface area contributed by atoms with E-state index < -0.39 is 0 Å². The number of anilines is 1. The van der Waals surface area contributed by atoms with Crippen LogP contribution in [0.4, 0.5) is 5.69 Å². The molecule has 2 amide bonds. The van der Waals surface area contributed by atoms with Gasteiger partial charge in [0.2, 0.25) is 5.91 Å². The average molecular weight is 349 g/mol. The second-order valence-corrected chi connectivity index (χ2v) is 6.42. The standard InChI is InChI=1S/C19H19N5O2/c1-23(19(26)13-9-10-13)15-7-3-2-6-14(15)18(25)20-12-17-22-21-16-8-4-5-11-24(16)17/h2-8,11,13H,9-10,12H2,1H3,(H,20,25). The average Bonchev–Trinajstić information content (AvgIpc) is 3.45. The summed E-state index contributed by atoms with van der Waals surface area (Å²) in [6.07, 6.45) is 3.71. The first-order valence-corrected chi connectivity index (χ1v) is 8.58. The Balaban J connectivity index is 1.52. The third-order valence-electron chi connectivity index (χ3n) is 4.56. The van der Waals surface area contributed by atoms with Gasteiger partial charge in [0.05, 0.1) is 17.8 Å². The second-order valence-electron chi connectivity index (χ2n) is 6.42. The van der Waals surface area contributed by atoms with Crippen molar-refractivity contribution in [1.29, 1.82) is 0 Å². The van der Waals surface area contributed by atoms with Gasteiger partial charge >= 0.3 is 0 Å². The van der Waals surface area contributed by atoms with E-state index in [4.69, 9.17) is 0 Å². The number of carbonyl (C=O) groups excluding carboxylic acids is 2. The zero-order valence-corrected chi connectivity index (χ0v) is 14.4. The smallest absolute Gasteiger partial charge is 0.253 e. The molecule has 2 heterocycles. The molecule has 4 rings (SSSR count). The molecule has 1 aliphatic rings. The Morgan fingerprint density at radius 3 is 2.73 bits per heavy atom. The Morgan fingerprint density at radius 1 is 1.15 bits per heavy atom. The summed E-state index contributed by atoms with van der Waals surface area (Å²) in [5.74, 6) is 0.560. The molecular weight excluding hydrogens is 330 g/mol. The summed E-state index contributed by atoms with van der Waals surface area (Å²) in [7, 11) is 1.72. The predicted octanol–water partition coefficient (Wildman–Crippen LogP) is 2.03. The molecule has 1 fully saturated rings. The summed E-state index contributed by atoms with van der Waals surface area (Å²) in [6.45, 7) is 0.249. The number of nitrogens with zero attached hydrogens (tertiary/aromatic N) is 4. The summed E-state index contributed by atoms with van der Waals surface area (Å²) in [5, 5.41) is 11.1. The van der Waals surface area contributed by atoms with E-state index in [1.165, 1.54) is 0 Å². The molecule has 0 aliphatic heterocycles. The van der Waals surface area contributed by atoms with Gasteiger partial charge in [0.1, 0.15) is 0 Å². The van der Waals surface area contributed by atoms with Crippen LogP contribution in [-0.2, 0) is 11.3 Å². The third kappa shape index (κ3) is 3.03. The van der Waals surface area contributed by atoms with Crippen LogP contribution in [0.5, 0.6) is 0 Å². The minimum atomic E-state index is -0.247. The highest BCUT2D eigenvalue weighted by atomic mass is 16.2. The number of hydrogen-bond acceptors (Lipinski definition) is 4. The van der Waals surface area contributed by atoms with Gasteiger partial charge < -0.3 is 10.2 Å². The normalized spacial score (nSPS) is 13.6. The summed E-state index contributed by atoms with van der Waals surface area (Å²) in [4.78, 5) is 26.6. The molecule has 7 heteroatoms. The number of amides is 2. The lowest BCUT2D eigenvalue weighted by molar-refractivity contribution is -0.119. The highest BCUT2D eigenvalue weighted by Crippen LogP contribution is 2.33. The number of carbonyl (C=O) groups is 2. The van der Waals surface area contributed by atoms with Crippen LogP contribution in [0.2, 0.25) is 0 Å². The van der Waals surface area contributed by atoms with E-state index in [0.29, 0.717) is 17.1 Å². The quantitative estimate of drug-likeness (QED) is 0.764. The van der Waals surface area contributed by atoms with E-state index in [1.807, 2.05) is 34.9 Å². The lowest BCUT2D eigenvalue weighted by Gasteiger charge is -2.20. The number of hydrogen-bond donors (Lipinski definition) is 1. The van der Waals surface area contributed by atoms with E-state index in [1.54, 1.807) is 30.1 Å². The van der Waals surface area contributed by atoms with Crippen molar-refractivity contribution in [3.05, 3.63) is 60.0 Å². The molecule has 132 valence electrons. The fourth-order valence-corrected chi connectivity index (χ4v) is 2.95. The molecule has 2 aromatic heterocycles. The number of nitrogens with one attached hydrogen (secondary N) is 1. The minimum Gasteiger partial charge on any atom is -0.345 e. The van der Waals surface area contributed by atoms with Crippen molar-refractivity contribution in [2.24, 2.45) is 5.92 Å². The maximum absolute atomic E-state index is 12.7. The van der Waals surface area contributed by atoms with E-state index >= 15 is 0 Å². The minimum absolute atomic E-state index is 0.0636. The number of benzene rings is 1. The lowest BCUT2D eigenvalue weighted by Crippen LogP contribution is -2.31. The van der Waals surface area contributed by atoms with Gasteiger partial charge in [-0.15, -0.1) is 10.2 Å². The predicted molar refractivity (Wildman–Crippen MR) is 96.7 cm³/mol. The van der Waals surface area contributed by atoms with Crippen LogP contribution < -0.4 is 10.2 Å². The van der Waals surface area contributed by atoms with Crippen molar-refractivity contribution in [3.63, 3.8) is 0 Å². The largest absolute Gasteiger partial charge is 0.345 e. The molecule has 26 heavy (non-hydrogen) atoms. The maximum Gasteiger partial charge on any atom is 0.253 e. The number of aromatic nitrogens is 3. The second kappa shape index (κ2) is 6.59. The first kappa shape index (κ1) is 16.3. The van der Waals surface area contributed by atoms with E-state index in [2.05, 4.69) is 15.5 Å². The third-order valence-corrected chi connectivity index (χ3v) is 4.56. The van der Waals surface area contributed by atoms with Gasteiger partial charge in [-0.3, -0.25) is 14.0 Å². The van der Waals surface area contributed by atoms with Gasteiger partial charge in [-0.05, 0) is 37.1 Å². The van der Waals surface area contributed by atoms with Crippen molar-refractivity contribution in [1.82, 2.24) is 19.9 Å². The summed E-state index contributed by atoms with van der Waals surface area (Å²) in [5.41, 5.74) is 1.82. The summed E-state index contributed by atoms with van der Waals surface area (Å²) >= 11 is 0. The molecule has 1 aliphatic carbocycles. The molecule has 0 saturated heterocycles. The van der Waals surface area contributed by atoms with Crippen LogP contribution in [0, 0.1) is 5.92 Å². The monoisotopic (exact) mass is 349 g/mol. The van der Waals surface area contributed by atoms with Gasteiger partial charge in [0.25, 0.3) is 5.91 Å². The van der Waals surface area contributed by atoms with Crippen LogP contribution >= 0.6 is 0 Å². The molecule has 0 radical (unpaired) electrons. The van der Waals surface area contributed by atoms with Crippen molar-refractivity contribution < 1.29 is 9.59 Å². The van der Waals surface area contributed by atoms with Crippen LogP contribution in [0.1, 0.15) is 29.0 Å². The summed E-state index contributed by atoms with van der Waals surface area (Å²) in [6, 6.07) is 12.8. The van der Waals surface area contributed by atoms with Crippen molar-refractivity contribution in [3.8, 4) is 0 Å². The summed E-state index contributed by atoms with van der Waals surface area (Å²) < 4.78 is 1.83. The van der Waals surface area contributed by atoms with Crippen molar-refractivity contribution in [2.75, 3.05) is 11.9 Å². The molecule has 3 aromatic rings. The first-order chi connectivity index (χ1) is 12.6. The van der Waals surface area contributed by atoms with Crippen LogP contribution in [0.25, 0.3) is 5.65 Å². The van der Waals surface area contributed by atoms with E-state index in [0.717, 1.165) is 18.5 Å². The van der Waals surface area contributed by atoms with Crippen LogP contribution in [0.3, 0.4) is 0 Å². The molecule has 0 unspecified atom stereocenters. The Morgan fingerprint density at radius 2 is 1.92 bits per heavy atom.